The maximum absolute atomic E-state index is 11.5. The first-order chi connectivity index (χ1) is 8.04. The second-order valence-electron chi connectivity index (χ2n) is 3.23. The first-order valence-electron chi connectivity index (χ1n) is 4.78. The number of methoxy groups -OCH3 is 1. The summed E-state index contributed by atoms with van der Waals surface area (Å²) in [6, 6.07) is 1.79. The molecule has 7 heteroatoms. The molecule has 0 aliphatic rings. The number of nitrogens with one attached hydrogen (secondary N) is 2. The van der Waals surface area contributed by atoms with E-state index < -0.39 is 30.3 Å². The van der Waals surface area contributed by atoms with E-state index in [1.165, 1.54) is 12.3 Å². The van der Waals surface area contributed by atoms with E-state index in [9.17, 15) is 14.4 Å². The molecule has 0 spiro atoms. The molecule has 1 heterocycles. The molecule has 0 aliphatic heterocycles. The summed E-state index contributed by atoms with van der Waals surface area (Å²) in [5, 5.41) is 11.0. The minimum absolute atomic E-state index is 0.223. The highest BCUT2D eigenvalue weighted by atomic mass is 16.5. The Bertz CT molecular complexity index is 412. The van der Waals surface area contributed by atoms with Crippen LogP contribution in [-0.4, -0.2) is 41.1 Å². The average Bonchev–Trinajstić information content (AvgIpc) is 2.81. The third-order valence-corrected chi connectivity index (χ3v) is 2.04. The Balaban J connectivity index is 2.64. The van der Waals surface area contributed by atoms with Gasteiger partial charge in [-0.05, 0) is 12.1 Å². The number of H-pyrrole nitrogens is 1. The summed E-state index contributed by atoms with van der Waals surface area (Å²) in [7, 11) is 1.15. The number of carbonyl (C=O) groups excluding carboxylic acids is 2. The predicted molar refractivity (Wildman–Crippen MR) is 56.3 cm³/mol. The van der Waals surface area contributed by atoms with E-state index in [1.807, 2.05) is 0 Å². The van der Waals surface area contributed by atoms with Crippen molar-refractivity contribution >= 4 is 17.8 Å². The molecule has 0 radical (unpaired) electrons. The lowest BCUT2D eigenvalue weighted by molar-refractivity contribution is -0.147. The van der Waals surface area contributed by atoms with Gasteiger partial charge in [0.2, 0.25) is 0 Å². The van der Waals surface area contributed by atoms with Crippen LogP contribution in [0.15, 0.2) is 18.3 Å². The summed E-state index contributed by atoms with van der Waals surface area (Å²) in [5.74, 6) is -2.59. The third kappa shape index (κ3) is 3.63. The molecule has 0 saturated heterocycles. The topological polar surface area (TPSA) is 108 Å². The molecule has 0 aliphatic carbocycles. The van der Waals surface area contributed by atoms with Gasteiger partial charge in [0.15, 0.2) is 0 Å². The third-order valence-electron chi connectivity index (χ3n) is 2.04. The van der Waals surface area contributed by atoms with Crippen molar-refractivity contribution in [1.82, 2.24) is 10.3 Å². The lowest BCUT2D eigenvalue weighted by Gasteiger charge is -2.12. The number of rotatable bonds is 5. The maximum atomic E-state index is 11.5. The lowest BCUT2D eigenvalue weighted by Crippen LogP contribution is -2.42. The maximum Gasteiger partial charge on any atom is 0.326 e. The molecular formula is C10H12N2O5. The molecule has 1 rings (SSSR count). The largest absolute Gasteiger partial charge is 0.480 e. The molecule has 1 aromatic heterocycles. The van der Waals surface area contributed by atoms with E-state index in [0.29, 0.717) is 0 Å². The van der Waals surface area contributed by atoms with Crippen LogP contribution in [0.4, 0.5) is 0 Å². The highest BCUT2D eigenvalue weighted by Crippen LogP contribution is 1.99. The molecule has 3 N–H and O–H groups in total. The molecular weight excluding hydrogens is 228 g/mol. The summed E-state index contributed by atoms with van der Waals surface area (Å²) in [6.07, 6.45) is 1.11. The zero-order chi connectivity index (χ0) is 12.8. The molecule has 0 unspecified atom stereocenters. The molecule has 92 valence electrons. The van der Waals surface area contributed by atoms with Crippen LogP contribution in [0.25, 0.3) is 0 Å². The van der Waals surface area contributed by atoms with Crippen LogP contribution in [-0.2, 0) is 14.3 Å². The molecule has 0 aromatic carbocycles. The van der Waals surface area contributed by atoms with Crippen molar-refractivity contribution in [3.63, 3.8) is 0 Å². The van der Waals surface area contributed by atoms with Crippen LogP contribution in [0, 0.1) is 0 Å². The Labute approximate surface area is 96.8 Å². The molecule has 0 saturated carbocycles. The number of aromatic nitrogens is 1. The smallest absolute Gasteiger partial charge is 0.326 e. The number of hydrogen-bond acceptors (Lipinski definition) is 4. The summed E-state index contributed by atoms with van der Waals surface area (Å²) in [5.41, 5.74) is 0.223. The van der Waals surface area contributed by atoms with Crippen LogP contribution < -0.4 is 5.32 Å². The highest BCUT2D eigenvalue weighted by Gasteiger charge is 2.24. The minimum Gasteiger partial charge on any atom is -0.480 e. The van der Waals surface area contributed by atoms with Crippen molar-refractivity contribution in [3.05, 3.63) is 24.0 Å². The Morgan fingerprint density at radius 1 is 1.53 bits per heavy atom. The number of amides is 1. The average molecular weight is 240 g/mol. The number of esters is 1. The number of carboxylic acid groups (broad SMARTS) is 1. The predicted octanol–water partition coefficient (Wildman–Crippen LogP) is -0.239. The monoisotopic (exact) mass is 240 g/mol. The summed E-state index contributed by atoms with van der Waals surface area (Å²) in [6.45, 7) is 0. The van der Waals surface area contributed by atoms with E-state index in [0.717, 1.165) is 7.11 Å². The summed E-state index contributed by atoms with van der Waals surface area (Å²) < 4.78 is 4.34. The number of hydrogen-bond donors (Lipinski definition) is 3. The standard InChI is InChI=1S/C10H12N2O5/c1-17-8(13)5-7(10(15)16)12-9(14)6-3-2-4-11-6/h2-4,7,11H,5H2,1H3,(H,12,14)(H,15,16)/t7-/m0/s1. The van der Waals surface area contributed by atoms with Gasteiger partial charge in [-0.15, -0.1) is 0 Å². The fourth-order valence-electron chi connectivity index (χ4n) is 1.16. The Hall–Kier alpha value is -2.31. The van der Waals surface area contributed by atoms with E-state index >= 15 is 0 Å². The Morgan fingerprint density at radius 3 is 2.71 bits per heavy atom. The van der Waals surface area contributed by atoms with Gasteiger partial charge >= 0.3 is 11.9 Å². The number of ether oxygens (including phenoxy) is 1. The first kappa shape index (κ1) is 12.8. The second-order valence-corrected chi connectivity index (χ2v) is 3.23. The van der Waals surface area contributed by atoms with Crippen LogP contribution >= 0.6 is 0 Å². The van der Waals surface area contributed by atoms with Crippen molar-refractivity contribution in [2.24, 2.45) is 0 Å². The van der Waals surface area contributed by atoms with E-state index in [4.69, 9.17) is 5.11 Å². The van der Waals surface area contributed by atoms with Gasteiger partial charge in [-0.2, -0.15) is 0 Å². The van der Waals surface area contributed by atoms with Crippen molar-refractivity contribution in [1.29, 1.82) is 0 Å². The molecule has 1 atom stereocenters. The van der Waals surface area contributed by atoms with E-state index in [2.05, 4.69) is 15.0 Å². The quantitative estimate of drug-likeness (QED) is 0.615. The molecule has 0 bridgehead atoms. The molecule has 17 heavy (non-hydrogen) atoms. The van der Waals surface area contributed by atoms with Gasteiger partial charge < -0.3 is 20.1 Å². The van der Waals surface area contributed by atoms with Crippen LogP contribution in [0.1, 0.15) is 16.9 Å². The minimum atomic E-state index is -1.31. The van der Waals surface area contributed by atoms with E-state index in [-0.39, 0.29) is 5.69 Å². The van der Waals surface area contributed by atoms with E-state index in [1.54, 1.807) is 6.07 Å². The molecule has 1 aromatic rings. The van der Waals surface area contributed by atoms with Gasteiger partial charge in [0.05, 0.1) is 13.5 Å². The van der Waals surface area contributed by atoms with Gasteiger partial charge in [-0.1, -0.05) is 0 Å². The Morgan fingerprint density at radius 2 is 2.24 bits per heavy atom. The number of aliphatic carboxylic acids is 1. The zero-order valence-electron chi connectivity index (χ0n) is 9.10. The Kier molecular flexibility index (Phi) is 4.27. The van der Waals surface area contributed by atoms with Gasteiger partial charge in [-0.3, -0.25) is 9.59 Å². The van der Waals surface area contributed by atoms with Crippen LogP contribution in [0.2, 0.25) is 0 Å². The van der Waals surface area contributed by atoms with Crippen LogP contribution in [0.5, 0.6) is 0 Å². The highest BCUT2D eigenvalue weighted by molar-refractivity contribution is 5.96. The normalized spacial score (nSPS) is 11.6. The molecule has 0 fully saturated rings. The first-order valence-corrected chi connectivity index (χ1v) is 4.78. The van der Waals surface area contributed by atoms with Crippen molar-refractivity contribution in [2.45, 2.75) is 12.5 Å². The lowest BCUT2D eigenvalue weighted by atomic mass is 10.2. The number of carbonyl (C=O) groups is 3. The molecule has 7 nitrogen and oxygen atoms in total. The fraction of sp³-hybridized carbons (Fsp3) is 0.300. The van der Waals surface area contributed by atoms with Gasteiger partial charge in [0.25, 0.3) is 5.91 Å². The molecule has 1 amide bonds. The SMILES string of the molecule is COC(=O)C[C@H](NC(=O)c1ccc[nH]1)C(=O)O. The van der Waals surface area contributed by atoms with Crippen molar-refractivity contribution in [2.75, 3.05) is 7.11 Å². The van der Waals surface area contributed by atoms with Gasteiger partial charge in [-0.25, -0.2) is 4.79 Å². The van der Waals surface area contributed by atoms with Crippen LogP contribution in [0.3, 0.4) is 0 Å². The number of carboxylic acids is 1. The summed E-state index contributed by atoms with van der Waals surface area (Å²) >= 11 is 0. The van der Waals surface area contributed by atoms with Gasteiger partial charge in [0.1, 0.15) is 11.7 Å². The summed E-state index contributed by atoms with van der Waals surface area (Å²) in [4.78, 5) is 35.9. The van der Waals surface area contributed by atoms with Crippen molar-refractivity contribution in [3.8, 4) is 0 Å². The van der Waals surface area contributed by atoms with Crippen molar-refractivity contribution < 1.29 is 24.2 Å². The second kappa shape index (κ2) is 5.69. The fourth-order valence-corrected chi connectivity index (χ4v) is 1.16. The zero-order valence-corrected chi connectivity index (χ0v) is 9.10. The van der Waals surface area contributed by atoms with Gasteiger partial charge in [0, 0.05) is 6.20 Å². The number of aromatic amines is 1.